The molecular weight excluding hydrogens is 595 g/mol. The summed E-state index contributed by atoms with van der Waals surface area (Å²) in [6.45, 7) is 2.52. The van der Waals surface area contributed by atoms with E-state index in [1.165, 1.54) is 4.31 Å². The van der Waals surface area contributed by atoms with E-state index in [2.05, 4.69) is 49.4 Å². The summed E-state index contributed by atoms with van der Waals surface area (Å²) in [4.78, 5) is 14.0. The molecule has 3 aromatic rings. The lowest BCUT2D eigenvalue weighted by molar-refractivity contribution is 0.182. The second-order valence-electron chi connectivity index (χ2n) is 9.61. The molecule has 0 aliphatic carbocycles. The minimum Gasteiger partial charge on any atom is -0.351 e. The number of pyridine rings is 1. The first-order valence-electron chi connectivity index (χ1n) is 11.9. The molecule has 12 nitrogen and oxygen atoms in total. The van der Waals surface area contributed by atoms with Gasteiger partial charge in [0, 0.05) is 49.2 Å². The van der Waals surface area contributed by atoms with E-state index in [0.717, 1.165) is 18.5 Å². The van der Waals surface area contributed by atoms with Crippen LogP contribution in [0.15, 0.2) is 24.4 Å². The topological polar surface area (TPSA) is 147 Å². The monoisotopic (exact) mass is 620 g/mol. The van der Waals surface area contributed by atoms with Gasteiger partial charge in [0.15, 0.2) is 11.6 Å². The molecule has 3 atom stereocenters. The maximum atomic E-state index is 13.2. The highest BCUT2D eigenvalue weighted by Crippen LogP contribution is 2.41. The van der Waals surface area contributed by atoms with Gasteiger partial charge in [0.05, 0.1) is 40.4 Å². The van der Waals surface area contributed by atoms with Crippen LogP contribution in [0.4, 0.5) is 17.6 Å². The number of aromatic nitrogens is 5. The average Bonchev–Trinajstić information content (AvgIpc) is 3.38. The number of anilines is 3. The Labute approximate surface area is 222 Å². The molecule has 0 saturated carbocycles. The average molecular weight is 620 g/mol. The zero-order chi connectivity index (χ0) is 25.0. The number of halogens is 1. The van der Waals surface area contributed by atoms with Crippen molar-refractivity contribution in [3.05, 3.63) is 30.1 Å². The lowest BCUT2D eigenvalue weighted by atomic mass is 10.00. The summed E-state index contributed by atoms with van der Waals surface area (Å²) in [5, 5.41) is 19.8. The van der Waals surface area contributed by atoms with Crippen molar-refractivity contribution in [2.75, 3.05) is 21.5 Å². The van der Waals surface area contributed by atoms with Gasteiger partial charge in [-0.2, -0.15) is 32.4 Å². The van der Waals surface area contributed by atoms with E-state index in [1.54, 1.807) is 10.5 Å². The summed E-state index contributed by atoms with van der Waals surface area (Å²) in [5.41, 5.74) is 2.32. The summed E-state index contributed by atoms with van der Waals surface area (Å²) < 4.78 is 31.5. The third kappa shape index (κ3) is 4.07. The van der Waals surface area contributed by atoms with Crippen LogP contribution in [0.25, 0.3) is 11.0 Å². The molecule has 1 unspecified atom stereocenters. The normalized spacial score (nSPS) is 25.0. The SMILES string of the molecule is Cc1cc(N(I)c2nc(NC3C[C@H]4CC[C@@H](C3)N4S(=O)(=O)N3CC(C#N)C3)nc3cccnc23)n[nH]1. The Kier molecular flexibility index (Phi) is 5.97. The molecule has 36 heavy (non-hydrogen) atoms. The highest BCUT2D eigenvalue weighted by molar-refractivity contribution is 14.1. The summed E-state index contributed by atoms with van der Waals surface area (Å²) in [6.07, 6.45) is 4.76. The molecule has 0 radical (unpaired) electrons. The van der Waals surface area contributed by atoms with Crippen LogP contribution < -0.4 is 8.43 Å². The molecule has 2 bridgehead atoms. The number of rotatable bonds is 6. The van der Waals surface area contributed by atoms with Crippen LogP contribution in [-0.4, -0.2) is 73.4 Å². The lowest BCUT2D eigenvalue weighted by Gasteiger charge is -2.43. The number of piperidine rings is 1. The van der Waals surface area contributed by atoms with Crippen LogP contribution in [0.1, 0.15) is 31.4 Å². The van der Waals surface area contributed by atoms with Crippen LogP contribution in [0, 0.1) is 24.2 Å². The van der Waals surface area contributed by atoms with E-state index in [1.807, 2.05) is 28.2 Å². The van der Waals surface area contributed by atoms with Crippen LogP contribution in [-0.2, 0) is 10.2 Å². The van der Waals surface area contributed by atoms with Gasteiger partial charge in [-0.1, -0.05) is 0 Å². The number of hydrogen-bond acceptors (Lipinski definition) is 9. The second-order valence-corrected chi connectivity index (χ2v) is 12.4. The van der Waals surface area contributed by atoms with E-state index in [-0.39, 0.29) is 24.0 Å². The molecule has 0 spiro atoms. The van der Waals surface area contributed by atoms with Gasteiger partial charge in [-0.3, -0.25) is 10.1 Å². The highest BCUT2D eigenvalue weighted by Gasteiger charge is 2.51. The summed E-state index contributed by atoms with van der Waals surface area (Å²) in [6, 6.07) is 7.74. The first-order valence-corrected chi connectivity index (χ1v) is 14.2. The third-order valence-electron chi connectivity index (χ3n) is 7.14. The summed E-state index contributed by atoms with van der Waals surface area (Å²) in [7, 11) is -3.55. The van der Waals surface area contributed by atoms with Crippen molar-refractivity contribution in [3.63, 3.8) is 0 Å². The Morgan fingerprint density at radius 1 is 1.25 bits per heavy atom. The quantitative estimate of drug-likeness (QED) is 0.314. The van der Waals surface area contributed by atoms with E-state index >= 15 is 0 Å². The predicted molar refractivity (Wildman–Crippen MR) is 142 cm³/mol. The zero-order valence-electron chi connectivity index (χ0n) is 19.5. The number of nitrogens with one attached hydrogen (secondary N) is 2. The molecule has 3 fully saturated rings. The Morgan fingerprint density at radius 3 is 2.67 bits per heavy atom. The number of aromatic amines is 1. The maximum Gasteiger partial charge on any atom is 0.282 e. The van der Waals surface area contributed by atoms with Crippen LogP contribution >= 0.6 is 22.9 Å². The highest BCUT2D eigenvalue weighted by atomic mass is 127. The Balaban J connectivity index is 1.23. The van der Waals surface area contributed by atoms with Gasteiger partial charge in [0.2, 0.25) is 5.95 Å². The fourth-order valence-corrected chi connectivity index (χ4v) is 8.14. The molecule has 188 valence electrons. The number of aryl methyl sites for hydroxylation is 1. The van der Waals surface area contributed by atoms with Gasteiger partial charge in [-0.15, -0.1) is 0 Å². The molecule has 14 heteroatoms. The number of hydrogen-bond donors (Lipinski definition) is 2. The zero-order valence-corrected chi connectivity index (χ0v) is 22.5. The van der Waals surface area contributed by atoms with Crippen molar-refractivity contribution in [2.45, 2.75) is 50.7 Å². The van der Waals surface area contributed by atoms with Crippen molar-refractivity contribution in [3.8, 4) is 6.07 Å². The van der Waals surface area contributed by atoms with Gasteiger partial charge in [0.25, 0.3) is 10.2 Å². The van der Waals surface area contributed by atoms with Crippen LogP contribution in [0.2, 0.25) is 0 Å². The number of nitrogens with zero attached hydrogens (tertiary/aromatic N) is 8. The van der Waals surface area contributed by atoms with E-state index in [4.69, 9.17) is 15.2 Å². The Hall–Kier alpha value is -2.61. The van der Waals surface area contributed by atoms with Crippen molar-refractivity contribution < 1.29 is 8.42 Å². The molecule has 2 N–H and O–H groups in total. The Bertz CT molecular complexity index is 1440. The molecule has 3 saturated heterocycles. The van der Waals surface area contributed by atoms with E-state index < -0.39 is 10.2 Å². The van der Waals surface area contributed by atoms with Crippen LogP contribution in [0.5, 0.6) is 0 Å². The number of fused-ring (bicyclic) bond motifs is 3. The van der Waals surface area contributed by atoms with Gasteiger partial charge >= 0.3 is 0 Å². The molecule has 3 aliphatic heterocycles. The number of nitriles is 1. The minimum atomic E-state index is -3.55. The second kappa shape index (κ2) is 9.05. The van der Waals surface area contributed by atoms with Crippen molar-refractivity contribution >= 4 is 61.7 Å². The molecule has 3 aliphatic rings. The summed E-state index contributed by atoms with van der Waals surface area (Å²) in [5.74, 6) is 1.63. The predicted octanol–water partition coefficient (Wildman–Crippen LogP) is 2.65. The van der Waals surface area contributed by atoms with E-state index in [9.17, 15) is 8.42 Å². The summed E-state index contributed by atoms with van der Waals surface area (Å²) >= 11 is 2.16. The lowest BCUT2D eigenvalue weighted by Crippen LogP contribution is -2.59. The van der Waals surface area contributed by atoms with Crippen molar-refractivity contribution in [1.29, 1.82) is 5.26 Å². The van der Waals surface area contributed by atoms with Gasteiger partial charge in [0.1, 0.15) is 5.52 Å². The molecule has 0 amide bonds. The molecule has 0 aromatic carbocycles. The third-order valence-corrected chi connectivity index (χ3v) is 10.2. The van der Waals surface area contributed by atoms with E-state index in [0.29, 0.717) is 54.5 Å². The van der Waals surface area contributed by atoms with Crippen molar-refractivity contribution in [1.82, 2.24) is 33.8 Å². The molecule has 6 heterocycles. The first-order chi connectivity index (χ1) is 17.3. The van der Waals surface area contributed by atoms with Crippen molar-refractivity contribution in [2.24, 2.45) is 5.92 Å². The fraction of sp³-hybridized carbons (Fsp3) is 0.500. The number of H-pyrrole nitrogens is 1. The first kappa shape index (κ1) is 23.8. The molecular formula is C22H25IN10O2S. The fourth-order valence-electron chi connectivity index (χ4n) is 5.42. The minimum absolute atomic E-state index is 0.0504. The van der Waals surface area contributed by atoms with Gasteiger partial charge < -0.3 is 5.32 Å². The maximum absolute atomic E-state index is 13.2. The largest absolute Gasteiger partial charge is 0.351 e. The van der Waals surface area contributed by atoms with Gasteiger partial charge in [-0.25, -0.2) is 8.10 Å². The van der Waals surface area contributed by atoms with Crippen LogP contribution in [0.3, 0.4) is 0 Å². The standard InChI is InChI=1S/C22H25IN10O2S/c1-13-7-19(30-29-13)32(23)21-20-18(3-2-6-25-20)27-22(28-21)26-15-8-16-4-5-17(9-15)33(16)36(34,35)31-11-14(10-24)12-31/h2-3,6-7,14-17H,4-5,8-9,11-12H2,1H3,(H,29,30)(H,26,27,28)/t15?,16-,17+. The smallest absolute Gasteiger partial charge is 0.282 e. The van der Waals surface area contributed by atoms with Gasteiger partial charge in [-0.05, 0) is 44.7 Å². The Morgan fingerprint density at radius 2 is 2.00 bits per heavy atom. The molecule has 3 aromatic heterocycles. The molecule has 6 rings (SSSR count).